The van der Waals surface area contributed by atoms with Crippen molar-refractivity contribution in [3.05, 3.63) is 36.2 Å². The molecule has 3 rings (SSSR count). The molecule has 0 bridgehead atoms. The molecule has 1 amide bonds. The zero-order chi connectivity index (χ0) is 11.9. The second-order valence-electron chi connectivity index (χ2n) is 4.48. The monoisotopic (exact) mass is 231 g/mol. The third kappa shape index (κ3) is 1.68. The summed E-state index contributed by atoms with van der Waals surface area (Å²) in [6.07, 6.45) is 5.03. The first-order valence-electron chi connectivity index (χ1n) is 5.60. The number of rotatable bonds is 3. The maximum atomic E-state index is 12.1. The summed E-state index contributed by atoms with van der Waals surface area (Å²) in [5.41, 5.74) is 0.934. The summed E-state index contributed by atoms with van der Waals surface area (Å²) in [5, 5.41) is 16.2. The lowest BCUT2D eigenvalue weighted by Crippen LogP contribution is -2.39. The maximum absolute atomic E-state index is 12.1. The molecule has 5 heteroatoms. The van der Waals surface area contributed by atoms with Crippen LogP contribution in [-0.2, 0) is 0 Å². The van der Waals surface area contributed by atoms with Crippen molar-refractivity contribution in [1.82, 2.24) is 14.9 Å². The Morgan fingerprint density at radius 2 is 2.35 bits per heavy atom. The van der Waals surface area contributed by atoms with Crippen LogP contribution in [-0.4, -0.2) is 32.8 Å². The second-order valence-corrected chi connectivity index (χ2v) is 4.48. The molecule has 0 saturated heterocycles. The summed E-state index contributed by atoms with van der Waals surface area (Å²) in [7, 11) is 0. The SMILES string of the molecule is O=C(NC1(CO)CC1)c1cnn2ccccc12. The number of nitrogens with one attached hydrogen (secondary N) is 1. The van der Waals surface area contributed by atoms with E-state index in [1.807, 2.05) is 18.2 Å². The van der Waals surface area contributed by atoms with Gasteiger partial charge >= 0.3 is 0 Å². The summed E-state index contributed by atoms with van der Waals surface area (Å²) in [4.78, 5) is 12.1. The molecule has 0 aliphatic heterocycles. The third-order valence-electron chi connectivity index (χ3n) is 3.21. The van der Waals surface area contributed by atoms with Crippen molar-refractivity contribution in [3.63, 3.8) is 0 Å². The predicted octanol–water partition coefficient (Wildman–Crippen LogP) is 0.589. The van der Waals surface area contributed by atoms with E-state index in [9.17, 15) is 9.90 Å². The normalized spacial score (nSPS) is 17.0. The first kappa shape index (κ1) is 10.3. The number of aromatic nitrogens is 2. The molecule has 2 N–H and O–H groups in total. The smallest absolute Gasteiger partial charge is 0.255 e. The van der Waals surface area contributed by atoms with Gasteiger partial charge in [-0.1, -0.05) is 6.07 Å². The van der Waals surface area contributed by atoms with Crippen molar-refractivity contribution in [2.45, 2.75) is 18.4 Å². The summed E-state index contributed by atoms with van der Waals surface area (Å²) in [5.74, 6) is -0.169. The number of hydrogen-bond donors (Lipinski definition) is 2. The number of nitrogens with zero attached hydrogens (tertiary/aromatic N) is 2. The minimum atomic E-state index is -0.389. The van der Waals surface area contributed by atoms with Gasteiger partial charge in [0.25, 0.3) is 5.91 Å². The van der Waals surface area contributed by atoms with Gasteiger partial charge in [0.1, 0.15) is 0 Å². The molecule has 1 saturated carbocycles. The van der Waals surface area contributed by atoms with Crippen molar-refractivity contribution < 1.29 is 9.90 Å². The van der Waals surface area contributed by atoms with Crippen molar-refractivity contribution in [2.75, 3.05) is 6.61 Å². The van der Waals surface area contributed by atoms with E-state index >= 15 is 0 Å². The molecule has 2 aromatic heterocycles. The first-order valence-corrected chi connectivity index (χ1v) is 5.60. The van der Waals surface area contributed by atoms with Gasteiger partial charge < -0.3 is 10.4 Å². The zero-order valence-electron chi connectivity index (χ0n) is 9.26. The fourth-order valence-electron chi connectivity index (χ4n) is 1.89. The van der Waals surface area contributed by atoms with Gasteiger partial charge in [-0.15, -0.1) is 0 Å². The quantitative estimate of drug-likeness (QED) is 0.812. The van der Waals surface area contributed by atoms with E-state index in [-0.39, 0.29) is 18.1 Å². The molecule has 0 radical (unpaired) electrons. The van der Waals surface area contributed by atoms with Crippen LogP contribution < -0.4 is 5.32 Å². The van der Waals surface area contributed by atoms with Crippen LogP contribution in [0.25, 0.3) is 5.52 Å². The Morgan fingerprint density at radius 1 is 1.53 bits per heavy atom. The molecule has 2 heterocycles. The van der Waals surface area contributed by atoms with Crippen LogP contribution in [0.3, 0.4) is 0 Å². The number of carbonyl (C=O) groups excluding carboxylic acids is 1. The summed E-state index contributed by atoms with van der Waals surface area (Å²) in [6.45, 7) is -0.00203. The highest BCUT2D eigenvalue weighted by atomic mass is 16.3. The number of carbonyl (C=O) groups is 1. The fourth-order valence-corrected chi connectivity index (χ4v) is 1.89. The standard InChI is InChI=1S/C12H13N3O2/c16-8-12(4-5-12)14-11(17)9-7-13-15-6-2-1-3-10(9)15/h1-3,6-7,16H,4-5,8H2,(H,14,17). The average molecular weight is 231 g/mol. The number of pyridine rings is 1. The molecule has 0 spiro atoms. The van der Waals surface area contributed by atoms with Crippen LogP contribution in [0.2, 0.25) is 0 Å². The van der Waals surface area contributed by atoms with Crippen molar-refractivity contribution in [1.29, 1.82) is 0 Å². The van der Waals surface area contributed by atoms with Crippen molar-refractivity contribution >= 4 is 11.4 Å². The molecule has 2 aromatic rings. The van der Waals surface area contributed by atoms with Gasteiger partial charge in [-0.25, -0.2) is 4.52 Å². The molecular weight excluding hydrogens is 218 g/mol. The van der Waals surface area contributed by atoms with E-state index < -0.39 is 0 Å². The highest BCUT2D eigenvalue weighted by molar-refractivity contribution is 6.01. The lowest BCUT2D eigenvalue weighted by Gasteiger charge is -2.13. The van der Waals surface area contributed by atoms with Crippen LogP contribution in [0.15, 0.2) is 30.6 Å². The highest BCUT2D eigenvalue weighted by Gasteiger charge is 2.43. The minimum Gasteiger partial charge on any atom is -0.394 e. The molecule has 1 aliphatic carbocycles. The number of fused-ring (bicyclic) bond motifs is 1. The van der Waals surface area contributed by atoms with Gasteiger partial charge in [-0.05, 0) is 25.0 Å². The Bertz CT molecular complexity index is 572. The topological polar surface area (TPSA) is 66.6 Å². The van der Waals surface area contributed by atoms with Crippen LogP contribution in [0.4, 0.5) is 0 Å². The molecule has 1 fully saturated rings. The Labute approximate surface area is 98.1 Å². The van der Waals surface area contributed by atoms with Gasteiger partial charge in [-0.2, -0.15) is 5.10 Å². The van der Waals surface area contributed by atoms with Crippen molar-refractivity contribution in [3.8, 4) is 0 Å². The molecule has 0 aromatic carbocycles. The first-order chi connectivity index (χ1) is 8.24. The van der Waals surface area contributed by atoms with E-state index in [0.717, 1.165) is 18.4 Å². The zero-order valence-corrected chi connectivity index (χ0v) is 9.26. The van der Waals surface area contributed by atoms with Gasteiger partial charge in [0.2, 0.25) is 0 Å². The van der Waals surface area contributed by atoms with Gasteiger partial charge in [0.05, 0.1) is 29.4 Å². The molecule has 88 valence electrons. The van der Waals surface area contributed by atoms with Gasteiger partial charge in [0, 0.05) is 6.20 Å². The number of aliphatic hydroxyl groups is 1. The van der Waals surface area contributed by atoms with E-state index in [1.54, 1.807) is 16.9 Å². The Hall–Kier alpha value is -1.88. The molecular formula is C12H13N3O2. The summed E-state index contributed by atoms with van der Waals surface area (Å²) in [6, 6.07) is 5.57. The van der Waals surface area contributed by atoms with E-state index in [0.29, 0.717) is 5.56 Å². The van der Waals surface area contributed by atoms with E-state index in [1.165, 1.54) is 0 Å². The lowest BCUT2D eigenvalue weighted by molar-refractivity contribution is 0.0908. The van der Waals surface area contributed by atoms with E-state index in [2.05, 4.69) is 10.4 Å². The van der Waals surface area contributed by atoms with Crippen LogP contribution in [0, 0.1) is 0 Å². The average Bonchev–Trinajstić information content (AvgIpc) is 2.99. The summed E-state index contributed by atoms with van der Waals surface area (Å²) < 4.78 is 1.66. The Morgan fingerprint density at radius 3 is 3.06 bits per heavy atom. The van der Waals surface area contributed by atoms with Crippen LogP contribution in [0.5, 0.6) is 0 Å². The molecule has 0 atom stereocenters. The molecule has 17 heavy (non-hydrogen) atoms. The largest absolute Gasteiger partial charge is 0.394 e. The Kier molecular flexibility index (Phi) is 2.16. The minimum absolute atomic E-state index is 0.00203. The van der Waals surface area contributed by atoms with Gasteiger partial charge in [-0.3, -0.25) is 4.79 Å². The van der Waals surface area contributed by atoms with Crippen LogP contribution >= 0.6 is 0 Å². The highest BCUT2D eigenvalue weighted by Crippen LogP contribution is 2.34. The molecule has 1 aliphatic rings. The number of aliphatic hydroxyl groups excluding tert-OH is 1. The second kappa shape index (κ2) is 3.56. The number of amides is 1. The van der Waals surface area contributed by atoms with E-state index in [4.69, 9.17) is 0 Å². The van der Waals surface area contributed by atoms with Crippen LogP contribution in [0.1, 0.15) is 23.2 Å². The lowest BCUT2D eigenvalue weighted by atomic mass is 10.2. The molecule has 0 unspecified atom stereocenters. The fraction of sp³-hybridized carbons (Fsp3) is 0.333. The summed E-state index contributed by atoms with van der Waals surface area (Å²) >= 11 is 0. The number of hydrogen-bond acceptors (Lipinski definition) is 3. The van der Waals surface area contributed by atoms with Crippen molar-refractivity contribution in [2.24, 2.45) is 0 Å². The Balaban J connectivity index is 1.91. The predicted molar refractivity (Wildman–Crippen MR) is 61.7 cm³/mol. The maximum Gasteiger partial charge on any atom is 0.255 e. The third-order valence-corrected chi connectivity index (χ3v) is 3.21. The van der Waals surface area contributed by atoms with Gasteiger partial charge in [0.15, 0.2) is 0 Å². The molecule has 5 nitrogen and oxygen atoms in total.